The normalized spacial score (nSPS) is 12.2. The number of nitrogens with two attached hydrogens (primary N) is 1. The van der Waals surface area contributed by atoms with Crippen LogP contribution in [0.2, 0.25) is 0 Å². The SMILES string of the molecule is CCOc1ccc(C(=O)CCC(C)CN)cc1. The van der Waals surface area contributed by atoms with Crippen molar-refractivity contribution >= 4 is 5.78 Å². The molecule has 0 aliphatic heterocycles. The van der Waals surface area contributed by atoms with Gasteiger partial charge in [0, 0.05) is 12.0 Å². The van der Waals surface area contributed by atoms with E-state index in [4.69, 9.17) is 10.5 Å². The molecule has 0 aromatic heterocycles. The van der Waals surface area contributed by atoms with E-state index >= 15 is 0 Å². The Morgan fingerprint density at radius 2 is 2.00 bits per heavy atom. The van der Waals surface area contributed by atoms with Crippen LogP contribution in [0, 0.1) is 5.92 Å². The topological polar surface area (TPSA) is 52.3 Å². The van der Waals surface area contributed by atoms with Gasteiger partial charge in [0.05, 0.1) is 6.61 Å². The van der Waals surface area contributed by atoms with Gasteiger partial charge in [0.1, 0.15) is 5.75 Å². The molecular formula is C14H21NO2. The molecule has 1 rings (SSSR count). The Labute approximate surface area is 103 Å². The fourth-order valence-electron chi connectivity index (χ4n) is 1.54. The summed E-state index contributed by atoms with van der Waals surface area (Å²) in [7, 11) is 0. The van der Waals surface area contributed by atoms with Crippen LogP contribution in [-0.4, -0.2) is 18.9 Å². The molecule has 0 saturated carbocycles. The van der Waals surface area contributed by atoms with Crippen molar-refractivity contribution in [3.8, 4) is 5.75 Å². The van der Waals surface area contributed by atoms with E-state index in [1.54, 1.807) is 0 Å². The molecule has 3 heteroatoms. The Balaban J connectivity index is 2.51. The molecule has 0 amide bonds. The Bertz CT molecular complexity index is 346. The average Bonchev–Trinajstić information content (AvgIpc) is 2.36. The molecule has 1 aromatic carbocycles. The van der Waals surface area contributed by atoms with Gasteiger partial charge >= 0.3 is 0 Å². The van der Waals surface area contributed by atoms with Crippen molar-refractivity contribution in [2.75, 3.05) is 13.2 Å². The van der Waals surface area contributed by atoms with E-state index in [2.05, 4.69) is 6.92 Å². The first-order valence-corrected chi connectivity index (χ1v) is 6.13. The number of Topliss-reactive ketones (excluding diaryl/α,β-unsaturated/α-hetero) is 1. The first-order valence-electron chi connectivity index (χ1n) is 6.13. The molecule has 0 heterocycles. The third-order valence-electron chi connectivity index (χ3n) is 2.75. The van der Waals surface area contributed by atoms with Crippen LogP contribution in [0.25, 0.3) is 0 Å². The van der Waals surface area contributed by atoms with Gasteiger partial charge in [-0.2, -0.15) is 0 Å². The van der Waals surface area contributed by atoms with Crippen molar-refractivity contribution < 1.29 is 9.53 Å². The molecule has 2 N–H and O–H groups in total. The van der Waals surface area contributed by atoms with Crippen LogP contribution in [0.5, 0.6) is 5.75 Å². The Morgan fingerprint density at radius 3 is 2.53 bits per heavy atom. The Morgan fingerprint density at radius 1 is 1.35 bits per heavy atom. The zero-order chi connectivity index (χ0) is 12.7. The maximum Gasteiger partial charge on any atom is 0.162 e. The fourth-order valence-corrected chi connectivity index (χ4v) is 1.54. The van der Waals surface area contributed by atoms with Gasteiger partial charge < -0.3 is 10.5 Å². The van der Waals surface area contributed by atoms with Gasteiger partial charge in [-0.05, 0) is 50.1 Å². The molecule has 1 unspecified atom stereocenters. The maximum atomic E-state index is 11.9. The van der Waals surface area contributed by atoms with Gasteiger partial charge in [-0.1, -0.05) is 6.92 Å². The van der Waals surface area contributed by atoms with E-state index in [0.717, 1.165) is 17.7 Å². The van der Waals surface area contributed by atoms with Gasteiger partial charge in [-0.3, -0.25) is 4.79 Å². The molecule has 0 fully saturated rings. The van der Waals surface area contributed by atoms with Crippen molar-refractivity contribution in [3.63, 3.8) is 0 Å². The zero-order valence-electron chi connectivity index (χ0n) is 10.6. The highest BCUT2D eigenvalue weighted by Crippen LogP contribution is 2.15. The van der Waals surface area contributed by atoms with Crippen LogP contribution < -0.4 is 10.5 Å². The summed E-state index contributed by atoms with van der Waals surface area (Å²) in [6.45, 7) is 5.27. The minimum absolute atomic E-state index is 0.174. The second-order valence-electron chi connectivity index (χ2n) is 4.26. The molecule has 0 spiro atoms. The summed E-state index contributed by atoms with van der Waals surface area (Å²) in [6.07, 6.45) is 1.41. The highest BCUT2D eigenvalue weighted by molar-refractivity contribution is 5.96. The number of hydrogen-bond donors (Lipinski definition) is 1. The Hall–Kier alpha value is -1.35. The highest BCUT2D eigenvalue weighted by Gasteiger charge is 2.08. The quantitative estimate of drug-likeness (QED) is 0.739. The number of ketones is 1. The van der Waals surface area contributed by atoms with Crippen LogP contribution in [-0.2, 0) is 0 Å². The van der Waals surface area contributed by atoms with Gasteiger partial charge in [-0.15, -0.1) is 0 Å². The summed E-state index contributed by atoms with van der Waals surface area (Å²) in [6, 6.07) is 7.31. The van der Waals surface area contributed by atoms with E-state index in [1.165, 1.54) is 0 Å². The molecule has 0 radical (unpaired) electrons. The van der Waals surface area contributed by atoms with Crippen LogP contribution in [0.1, 0.15) is 37.0 Å². The van der Waals surface area contributed by atoms with Gasteiger partial charge in [0.2, 0.25) is 0 Å². The second-order valence-corrected chi connectivity index (χ2v) is 4.26. The predicted octanol–water partition coefficient (Wildman–Crippen LogP) is 2.64. The largest absolute Gasteiger partial charge is 0.494 e. The highest BCUT2D eigenvalue weighted by atomic mass is 16.5. The number of ether oxygens (including phenoxy) is 1. The number of rotatable bonds is 7. The van der Waals surface area contributed by atoms with E-state index in [-0.39, 0.29) is 5.78 Å². The molecule has 3 nitrogen and oxygen atoms in total. The number of hydrogen-bond acceptors (Lipinski definition) is 3. The monoisotopic (exact) mass is 235 g/mol. The number of carbonyl (C=O) groups excluding carboxylic acids is 1. The zero-order valence-corrected chi connectivity index (χ0v) is 10.6. The molecule has 0 aliphatic carbocycles. The van der Waals surface area contributed by atoms with Crippen molar-refractivity contribution in [2.24, 2.45) is 11.7 Å². The predicted molar refractivity (Wildman–Crippen MR) is 69.4 cm³/mol. The van der Waals surface area contributed by atoms with Crippen molar-refractivity contribution in [1.29, 1.82) is 0 Å². The van der Waals surface area contributed by atoms with E-state index in [9.17, 15) is 4.79 Å². The lowest BCUT2D eigenvalue weighted by atomic mass is 10.0. The molecule has 1 atom stereocenters. The molecule has 0 saturated heterocycles. The van der Waals surface area contributed by atoms with Gasteiger partial charge in [0.15, 0.2) is 5.78 Å². The van der Waals surface area contributed by atoms with Gasteiger partial charge in [0.25, 0.3) is 0 Å². The molecular weight excluding hydrogens is 214 g/mol. The first kappa shape index (κ1) is 13.7. The standard InChI is InChI=1S/C14H21NO2/c1-3-17-13-7-5-12(6-8-13)14(16)9-4-11(2)10-15/h5-8,11H,3-4,9-10,15H2,1-2H3. The maximum absolute atomic E-state index is 11.9. The fraction of sp³-hybridized carbons (Fsp3) is 0.500. The molecule has 0 aliphatic rings. The number of carbonyl (C=O) groups is 1. The van der Waals surface area contributed by atoms with Gasteiger partial charge in [-0.25, -0.2) is 0 Å². The summed E-state index contributed by atoms with van der Waals surface area (Å²) in [4.78, 5) is 11.9. The Kier molecular flexibility index (Phi) is 5.70. The molecule has 0 bridgehead atoms. The van der Waals surface area contributed by atoms with Crippen molar-refractivity contribution in [2.45, 2.75) is 26.7 Å². The lowest BCUT2D eigenvalue weighted by Gasteiger charge is -2.07. The summed E-state index contributed by atoms with van der Waals surface area (Å²) in [5, 5.41) is 0. The minimum Gasteiger partial charge on any atom is -0.494 e. The summed E-state index contributed by atoms with van der Waals surface area (Å²) in [5.74, 6) is 1.38. The third kappa shape index (κ3) is 4.57. The lowest BCUT2D eigenvalue weighted by molar-refractivity contribution is 0.0975. The first-order chi connectivity index (χ1) is 8.17. The average molecular weight is 235 g/mol. The van der Waals surface area contributed by atoms with E-state index in [1.807, 2.05) is 31.2 Å². The van der Waals surface area contributed by atoms with Crippen LogP contribution in [0.15, 0.2) is 24.3 Å². The van der Waals surface area contributed by atoms with Crippen LogP contribution in [0.4, 0.5) is 0 Å². The summed E-state index contributed by atoms with van der Waals surface area (Å²) in [5.41, 5.74) is 6.27. The van der Waals surface area contributed by atoms with Crippen LogP contribution >= 0.6 is 0 Å². The summed E-state index contributed by atoms with van der Waals surface area (Å²) < 4.78 is 5.33. The molecule has 1 aromatic rings. The smallest absolute Gasteiger partial charge is 0.162 e. The van der Waals surface area contributed by atoms with E-state index < -0.39 is 0 Å². The lowest BCUT2D eigenvalue weighted by Crippen LogP contribution is -2.12. The van der Waals surface area contributed by atoms with Crippen molar-refractivity contribution in [3.05, 3.63) is 29.8 Å². The second kappa shape index (κ2) is 7.07. The van der Waals surface area contributed by atoms with Crippen LogP contribution in [0.3, 0.4) is 0 Å². The summed E-state index contributed by atoms with van der Waals surface area (Å²) >= 11 is 0. The third-order valence-corrected chi connectivity index (χ3v) is 2.75. The van der Waals surface area contributed by atoms with E-state index in [0.29, 0.717) is 25.5 Å². The molecule has 94 valence electrons. The minimum atomic E-state index is 0.174. The van der Waals surface area contributed by atoms with Crippen molar-refractivity contribution in [1.82, 2.24) is 0 Å². The molecule has 17 heavy (non-hydrogen) atoms. The number of benzene rings is 1.